The van der Waals surface area contributed by atoms with Crippen LogP contribution in [0.3, 0.4) is 0 Å². The van der Waals surface area contributed by atoms with Crippen LogP contribution in [0.25, 0.3) is 0 Å². The second-order valence-electron chi connectivity index (χ2n) is 2.81. The molecular formula is C8H9FN2O4S. The van der Waals surface area contributed by atoms with E-state index in [0.29, 0.717) is 0 Å². The van der Waals surface area contributed by atoms with Crippen LogP contribution in [0.1, 0.15) is 10.4 Å². The van der Waals surface area contributed by atoms with Gasteiger partial charge >= 0.3 is 5.97 Å². The summed E-state index contributed by atoms with van der Waals surface area (Å²) >= 11 is 0. The molecule has 0 saturated heterocycles. The number of carbonyl (C=O) groups is 1. The maximum atomic E-state index is 13.2. The average Bonchev–Trinajstić information content (AvgIpc) is 2.21. The first-order chi connectivity index (χ1) is 7.35. The van der Waals surface area contributed by atoms with Crippen LogP contribution in [0, 0.1) is 5.82 Å². The second-order valence-corrected chi connectivity index (χ2v) is 4.43. The van der Waals surface area contributed by atoms with Crippen molar-refractivity contribution in [3.63, 3.8) is 0 Å². The average molecular weight is 248 g/mol. The Labute approximate surface area is 91.3 Å². The van der Waals surface area contributed by atoms with Crippen molar-refractivity contribution in [2.24, 2.45) is 0 Å². The number of aromatic carboxylic acids is 1. The Morgan fingerprint density at radius 3 is 2.56 bits per heavy atom. The Hall–Kier alpha value is -1.67. The highest BCUT2D eigenvalue weighted by Crippen LogP contribution is 2.17. The molecule has 0 aromatic heterocycles. The van der Waals surface area contributed by atoms with Crippen molar-refractivity contribution in [2.45, 2.75) is 0 Å². The van der Waals surface area contributed by atoms with Gasteiger partial charge in [0.2, 0.25) is 0 Å². The summed E-state index contributed by atoms with van der Waals surface area (Å²) in [5, 5.41) is 8.64. The summed E-state index contributed by atoms with van der Waals surface area (Å²) in [6, 6.07) is 2.80. The minimum absolute atomic E-state index is 0.213. The molecule has 0 amide bonds. The number of anilines is 1. The van der Waals surface area contributed by atoms with Gasteiger partial charge in [-0.25, -0.2) is 13.9 Å². The third-order valence-corrected chi connectivity index (χ3v) is 2.75. The molecule has 1 aromatic carbocycles. The molecule has 0 aliphatic carbocycles. The topological polar surface area (TPSA) is 95.5 Å². The first kappa shape index (κ1) is 12.4. The minimum atomic E-state index is -3.87. The summed E-state index contributed by atoms with van der Waals surface area (Å²) in [7, 11) is -2.73. The molecule has 0 fully saturated rings. The van der Waals surface area contributed by atoms with Crippen molar-refractivity contribution in [3.05, 3.63) is 29.6 Å². The van der Waals surface area contributed by atoms with Gasteiger partial charge in [0.25, 0.3) is 10.2 Å². The fraction of sp³-hybridized carbons (Fsp3) is 0.125. The molecule has 0 spiro atoms. The van der Waals surface area contributed by atoms with Gasteiger partial charge < -0.3 is 5.11 Å². The van der Waals surface area contributed by atoms with E-state index in [9.17, 15) is 17.6 Å². The van der Waals surface area contributed by atoms with E-state index < -0.39 is 27.7 Å². The van der Waals surface area contributed by atoms with Crippen LogP contribution >= 0.6 is 0 Å². The number of carboxylic acids is 1. The Kier molecular flexibility index (Phi) is 3.45. The van der Waals surface area contributed by atoms with Crippen molar-refractivity contribution in [1.82, 2.24) is 4.72 Å². The maximum Gasteiger partial charge on any atom is 0.335 e. The first-order valence-corrected chi connectivity index (χ1v) is 5.58. The summed E-state index contributed by atoms with van der Waals surface area (Å²) < 4.78 is 39.1. The van der Waals surface area contributed by atoms with Gasteiger partial charge in [-0.3, -0.25) is 4.72 Å². The molecule has 0 radical (unpaired) electrons. The van der Waals surface area contributed by atoms with E-state index in [1.54, 1.807) is 0 Å². The Bertz CT molecular complexity index is 515. The molecule has 0 aliphatic heterocycles. The lowest BCUT2D eigenvalue weighted by Gasteiger charge is -2.07. The molecule has 3 N–H and O–H groups in total. The molecule has 0 heterocycles. The van der Waals surface area contributed by atoms with Crippen LogP contribution in [0.15, 0.2) is 18.2 Å². The van der Waals surface area contributed by atoms with E-state index in [-0.39, 0.29) is 5.56 Å². The van der Waals surface area contributed by atoms with Gasteiger partial charge in [0.15, 0.2) is 0 Å². The highest BCUT2D eigenvalue weighted by Gasteiger charge is 2.13. The third-order valence-electron chi connectivity index (χ3n) is 1.73. The smallest absolute Gasteiger partial charge is 0.335 e. The predicted molar refractivity (Wildman–Crippen MR) is 55.0 cm³/mol. The lowest BCUT2D eigenvalue weighted by molar-refractivity contribution is 0.0697. The van der Waals surface area contributed by atoms with Crippen LogP contribution in [0.2, 0.25) is 0 Å². The second kappa shape index (κ2) is 4.45. The fourth-order valence-electron chi connectivity index (χ4n) is 0.932. The summed E-state index contributed by atoms with van der Waals surface area (Å²) in [5.74, 6) is -2.13. The largest absolute Gasteiger partial charge is 0.478 e. The number of hydrogen-bond donors (Lipinski definition) is 3. The number of hydrogen-bond acceptors (Lipinski definition) is 3. The maximum absolute atomic E-state index is 13.2. The number of benzene rings is 1. The number of nitrogens with one attached hydrogen (secondary N) is 2. The van der Waals surface area contributed by atoms with Crippen LogP contribution < -0.4 is 9.44 Å². The minimum Gasteiger partial charge on any atom is -0.478 e. The van der Waals surface area contributed by atoms with Gasteiger partial charge in [-0.05, 0) is 18.2 Å². The molecule has 0 saturated carbocycles. The first-order valence-electron chi connectivity index (χ1n) is 4.10. The zero-order valence-electron chi connectivity index (χ0n) is 8.19. The molecule has 88 valence electrons. The summed E-state index contributed by atoms with van der Waals surface area (Å²) in [6.07, 6.45) is 0. The highest BCUT2D eigenvalue weighted by atomic mass is 32.2. The lowest BCUT2D eigenvalue weighted by atomic mass is 10.2. The van der Waals surface area contributed by atoms with Crippen molar-refractivity contribution in [1.29, 1.82) is 0 Å². The molecule has 8 heteroatoms. The van der Waals surface area contributed by atoms with Crippen LogP contribution in [0.5, 0.6) is 0 Å². The monoisotopic (exact) mass is 248 g/mol. The quantitative estimate of drug-likeness (QED) is 0.718. The molecule has 1 aromatic rings. The van der Waals surface area contributed by atoms with Crippen LogP contribution in [0.4, 0.5) is 10.1 Å². The zero-order valence-corrected chi connectivity index (χ0v) is 9.01. The van der Waals surface area contributed by atoms with E-state index in [4.69, 9.17) is 5.11 Å². The third kappa shape index (κ3) is 2.91. The van der Waals surface area contributed by atoms with Crippen molar-refractivity contribution >= 4 is 21.9 Å². The Morgan fingerprint density at radius 1 is 1.44 bits per heavy atom. The fourth-order valence-corrected chi connectivity index (χ4v) is 1.48. The lowest BCUT2D eigenvalue weighted by Crippen LogP contribution is -2.27. The van der Waals surface area contributed by atoms with Gasteiger partial charge in [-0.1, -0.05) is 0 Å². The van der Waals surface area contributed by atoms with Crippen molar-refractivity contribution in [3.8, 4) is 0 Å². The number of rotatable bonds is 4. The highest BCUT2D eigenvalue weighted by molar-refractivity contribution is 7.90. The zero-order chi connectivity index (χ0) is 12.3. The van der Waals surface area contributed by atoms with Gasteiger partial charge in [0, 0.05) is 7.05 Å². The van der Waals surface area contributed by atoms with E-state index in [2.05, 4.69) is 0 Å². The van der Waals surface area contributed by atoms with Gasteiger partial charge in [-0.2, -0.15) is 8.42 Å². The van der Waals surface area contributed by atoms with Crippen LogP contribution in [-0.4, -0.2) is 26.5 Å². The standard InChI is InChI=1S/C8H9FN2O4S/c1-10-16(14,15)11-7-4-5(8(12)13)2-3-6(7)9/h2-4,10-11H,1H3,(H,12,13). The van der Waals surface area contributed by atoms with Gasteiger partial charge in [-0.15, -0.1) is 0 Å². The SMILES string of the molecule is CNS(=O)(=O)Nc1cc(C(=O)O)ccc1F. The summed E-state index contributed by atoms with van der Waals surface area (Å²) in [4.78, 5) is 10.6. The van der Waals surface area contributed by atoms with Gasteiger partial charge in [0.1, 0.15) is 5.82 Å². The van der Waals surface area contributed by atoms with Gasteiger partial charge in [0.05, 0.1) is 11.3 Å². The van der Waals surface area contributed by atoms with Crippen molar-refractivity contribution in [2.75, 3.05) is 11.8 Å². The van der Waals surface area contributed by atoms with E-state index >= 15 is 0 Å². The molecule has 0 atom stereocenters. The summed E-state index contributed by atoms with van der Waals surface area (Å²) in [6.45, 7) is 0. The molecular weight excluding hydrogens is 239 g/mol. The van der Waals surface area contributed by atoms with Crippen molar-refractivity contribution < 1.29 is 22.7 Å². The molecule has 0 bridgehead atoms. The Morgan fingerprint density at radius 2 is 2.06 bits per heavy atom. The summed E-state index contributed by atoms with van der Waals surface area (Å²) in [5.41, 5.74) is -0.635. The normalized spacial score (nSPS) is 11.1. The molecule has 1 rings (SSSR count). The van der Waals surface area contributed by atoms with E-state index in [1.807, 2.05) is 9.44 Å². The predicted octanol–water partition coefficient (Wildman–Crippen LogP) is 0.400. The van der Waals surface area contributed by atoms with E-state index in [0.717, 1.165) is 25.2 Å². The van der Waals surface area contributed by atoms with E-state index in [1.165, 1.54) is 0 Å². The molecule has 16 heavy (non-hydrogen) atoms. The molecule has 0 aliphatic rings. The number of halogens is 1. The Balaban J connectivity index is 3.13. The van der Waals surface area contributed by atoms with Crippen LogP contribution in [-0.2, 0) is 10.2 Å². The molecule has 0 unspecified atom stereocenters. The number of carboxylic acid groups (broad SMARTS) is 1. The molecule has 6 nitrogen and oxygen atoms in total.